The van der Waals surface area contributed by atoms with Crippen molar-refractivity contribution in [2.24, 2.45) is 0 Å². The van der Waals surface area contributed by atoms with Crippen molar-refractivity contribution in [3.63, 3.8) is 0 Å². The van der Waals surface area contributed by atoms with Gasteiger partial charge in [-0.1, -0.05) is 0 Å². The topological polar surface area (TPSA) is 76.4 Å². The first-order valence-electron chi connectivity index (χ1n) is 6.46. The number of anilines is 1. The number of nitrogens with one attached hydrogen (secondary N) is 2. The number of hydrogen-bond acceptors (Lipinski definition) is 5. The third-order valence-electron chi connectivity index (χ3n) is 3.03. The highest BCUT2D eigenvalue weighted by Gasteiger charge is 2.16. The molecule has 2 rings (SSSR count). The average molecular weight is 293 g/mol. The zero-order valence-electron chi connectivity index (χ0n) is 11.7. The Morgan fingerprint density at radius 3 is 2.90 bits per heavy atom. The summed E-state index contributed by atoms with van der Waals surface area (Å²) in [6.45, 7) is 1.51. The van der Waals surface area contributed by atoms with E-state index >= 15 is 0 Å². The van der Waals surface area contributed by atoms with E-state index in [1.807, 2.05) is 25.2 Å². The molecular weight excluding hydrogens is 274 g/mol. The molecule has 1 heterocycles. The summed E-state index contributed by atoms with van der Waals surface area (Å²) in [5, 5.41) is 6.82. The monoisotopic (exact) mass is 293 g/mol. The lowest BCUT2D eigenvalue weighted by Crippen LogP contribution is -2.26. The number of hydrogen-bond donors (Lipinski definition) is 3. The molecule has 0 saturated carbocycles. The third-order valence-corrected chi connectivity index (χ3v) is 4.20. The number of thiophene rings is 1. The molecule has 0 unspecified atom stereocenters. The van der Waals surface area contributed by atoms with Gasteiger partial charge in [-0.3, -0.25) is 4.79 Å². The first-order chi connectivity index (χ1) is 9.67. The number of ether oxygens (including phenoxy) is 1. The molecule has 4 N–H and O–H groups in total. The van der Waals surface area contributed by atoms with Crippen LogP contribution in [-0.4, -0.2) is 33.2 Å². The van der Waals surface area contributed by atoms with Crippen LogP contribution in [0.1, 0.15) is 16.1 Å². The van der Waals surface area contributed by atoms with Crippen molar-refractivity contribution >= 4 is 33.0 Å². The Morgan fingerprint density at radius 2 is 2.20 bits per heavy atom. The molecule has 0 bridgehead atoms. The molecule has 2 aromatic rings. The fraction of sp³-hybridized carbons (Fsp3) is 0.357. The molecule has 20 heavy (non-hydrogen) atoms. The Balaban J connectivity index is 2.17. The highest BCUT2D eigenvalue weighted by molar-refractivity contribution is 7.21. The average Bonchev–Trinajstić information content (AvgIpc) is 2.80. The van der Waals surface area contributed by atoms with Gasteiger partial charge in [0.15, 0.2) is 0 Å². The van der Waals surface area contributed by atoms with E-state index in [-0.39, 0.29) is 5.91 Å². The molecule has 108 valence electrons. The zero-order chi connectivity index (χ0) is 14.5. The standard InChI is InChI=1S/C14H19N3O2S/c1-16-6-3-7-17-14(18)13-12(15)10-5-4-9(19-2)8-11(10)20-13/h4-5,8,16H,3,6-7,15H2,1-2H3,(H,17,18). The van der Waals surface area contributed by atoms with Crippen LogP contribution in [0.5, 0.6) is 5.75 Å². The van der Waals surface area contributed by atoms with Crippen LogP contribution in [0, 0.1) is 0 Å². The number of amides is 1. The summed E-state index contributed by atoms with van der Waals surface area (Å²) >= 11 is 1.39. The molecule has 0 aliphatic heterocycles. The normalized spacial score (nSPS) is 10.7. The van der Waals surface area contributed by atoms with Gasteiger partial charge in [0.1, 0.15) is 10.6 Å². The van der Waals surface area contributed by atoms with Gasteiger partial charge in [-0.25, -0.2) is 0 Å². The summed E-state index contributed by atoms with van der Waals surface area (Å²) < 4.78 is 6.14. The fourth-order valence-corrected chi connectivity index (χ4v) is 3.01. The van der Waals surface area contributed by atoms with E-state index in [4.69, 9.17) is 10.5 Å². The van der Waals surface area contributed by atoms with Crippen LogP contribution in [0.4, 0.5) is 5.69 Å². The second-order valence-electron chi connectivity index (χ2n) is 4.42. The minimum atomic E-state index is -0.112. The maximum Gasteiger partial charge on any atom is 0.263 e. The zero-order valence-corrected chi connectivity index (χ0v) is 12.5. The lowest BCUT2D eigenvalue weighted by molar-refractivity contribution is 0.0958. The van der Waals surface area contributed by atoms with E-state index in [0.717, 1.165) is 28.8 Å². The Kier molecular flexibility index (Phi) is 4.81. The number of carbonyl (C=O) groups is 1. The van der Waals surface area contributed by atoms with Gasteiger partial charge in [0.2, 0.25) is 0 Å². The highest BCUT2D eigenvalue weighted by atomic mass is 32.1. The molecule has 1 aromatic carbocycles. The van der Waals surface area contributed by atoms with Gasteiger partial charge in [-0.15, -0.1) is 11.3 Å². The number of benzene rings is 1. The van der Waals surface area contributed by atoms with Crippen LogP contribution in [0.2, 0.25) is 0 Å². The Labute approximate surface area is 122 Å². The third kappa shape index (κ3) is 3.02. The number of fused-ring (bicyclic) bond motifs is 1. The molecule has 6 heteroatoms. The van der Waals surface area contributed by atoms with Crippen LogP contribution >= 0.6 is 11.3 Å². The Bertz CT molecular complexity index is 610. The van der Waals surface area contributed by atoms with E-state index in [2.05, 4.69) is 10.6 Å². The van der Waals surface area contributed by atoms with Gasteiger partial charge in [0.05, 0.1) is 12.8 Å². The molecule has 0 fully saturated rings. The summed E-state index contributed by atoms with van der Waals surface area (Å²) in [7, 11) is 3.51. The first kappa shape index (κ1) is 14.6. The maximum absolute atomic E-state index is 12.1. The van der Waals surface area contributed by atoms with Gasteiger partial charge in [0.25, 0.3) is 5.91 Å². The Morgan fingerprint density at radius 1 is 1.40 bits per heavy atom. The van der Waals surface area contributed by atoms with E-state index in [1.165, 1.54) is 11.3 Å². The second kappa shape index (κ2) is 6.58. The fourth-order valence-electron chi connectivity index (χ4n) is 1.94. The van der Waals surface area contributed by atoms with Gasteiger partial charge < -0.3 is 21.1 Å². The van der Waals surface area contributed by atoms with Crippen molar-refractivity contribution in [3.8, 4) is 5.75 Å². The lowest BCUT2D eigenvalue weighted by Gasteiger charge is -2.03. The van der Waals surface area contributed by atoms with Gasteiger partial charge in [0, 0.05) is 16.6 Å². The van der Waals surface area contributed by atoms with Gasteiger partial charge in [-0.05, 0) is 38.2 Å². The summed E-state index contributed by atoms with van der Waals surface area (Å²) in [5.74, 6) is 0.651. The minimum absolute atomic E-state index is 0.112. The van der Waals surface area contributed by atoms with E-state index in [0.29, 0.717) is 17.1 Å². The Hall–Kier alpha value is -1.79. The summed E-state index contributed by atoms with van der Waals surface area (Å²) in [5.41, 5.74) is 6.60. The number of nitrogen functional groups attached to an aromatic ring is 1. The lowest BCUT2D eigenvalue weighted by atomic mass is 10.2. The molecule has 1 amide bonds. The summed E-state index contributed by atoms with van der Waals surface area (Å²) in [6.07, 6.45) is 0.890. The molecule has 0 spiro atoms. The highest BCUT2D eigenvalue weighted by Crippen LogP contribution is 2.35. The number of methoxy groups -OCH3 is 1. The quantitative estimate of drug-likeness (QED) is 0.710. The molecule has 5 nitrogen and oxygen atoms in total. The maximum atomic E-state index is 12.1. The largest absolute Gasteiger partial charge is 0.497 e. The summed E-state index contributed by atoms with van der Waals surface area (Å²) in [6, 6.07) is 5.63. The van der Waals surface area contributed by atoms with Crippen molar-refractivity contribution in [3.05, 3.63) is 23.1 Å². The van der Waals surface area contributed by atoms with Gasteiger partial charge in [-0.2, -0.15) is 0 Å². The molecule has 0 radical (unpaired) electrons. The van der Waals surface area contributed by atoms with Crippen molar-refractivity contribution in [1.29, 1.82) is 0 Å². The second-order valence-corrected chi connectivity index (χ2v) is 5.47. The van der Waals surface area contributed by atoms with Crippen molar-refractivity contribution in [2.75, 3.05) is 33.0 Å². The SMILES string of the molecule is CNCCCNC(=O)c1sc2cc(OC)ccc2c1N. The van der Waals surface area contributed by atoms with Crippen LogP contribution in [0.3, 0.4) is 0 Å². The predicted molar refractivity (Wildman–Crippen MR) is 83.7 cm³/mol. The predicted octanol–water partition coefficient (Wildman–Crippen LogP) is 1.83. The smallest absolute Gasteiger partial charge is 0.263 e. The van der Waals surface area contributed by atoms with E-state index in [1.54, 1.807) is 7.11 Å². The minimum Gasteiger partial charge on any atom is -0.497 e. The molecular formula is C14H19N3O2S. The van der Waals surface area contributed by atoms with Crippen LogP contribution in [-0.2, 0) is 0 Å². The van der Waals surface area contributed by atoms with E-state index < -0.39 is 0 Å². The van der Waals surface area contributed by atoms with Crippen molar-refractivity contribution in [2.45, 2.75) is 6.42 Å². The van der Waals surface area contributed by atoms with Gasteiger partial charge >= 0.3 is 0 Å². The number of rotatable bonds is 6. The summed E-state index contributed by atoms with van der Waals surface area (Å²) in [4.78, 5) is 12.7. The molecule has 0 aliphatic rings. The molecule has 0 saturated heterocycles. The molecule has 1 aromatic heterocycles. The first-order valence-corrected chi connectivity index (χ1v) is 7.28. The number of carbonyl (C=O) groups excluding carboxylic acids is 1. The van der Waals surface area contributed by atoms with Crippen molar-refractivity contribution in [1.82, 2.24) is 10.6 Å². The number of nitrogens with two attached hydrogens (primary N) is 1. The van der Waals surface area contributed by atoms with Crippen LogP contribution in [0.25, 0.3) is 10.1 Å². The van der Waals surface area contributed by atoms with E-state index in [9.17, 15) is 4.79 Å². The molecule has 0 aliphatic carbocycles. The van der Waals surface area contributed by atoms with Crippen LogP contribution < -0.4 is 21.1 Å². The molecule has 0 atom stereocenters. The van der Waals surface area contributed by atoms with Crippen LogP contribution in [0.15, 0.2) is 18.2 Å². The van der Waals surface area contributed by atoms with Crippen molar-refractivity contribution < 1.29 is 9.53 Å².